The van der Waals surface area contributed by atoms with E-state index in [1.165, 1.54) is 6.42 Å². The summed E-state index contributed by atoms with van der Waals surface area (Å²) in [5.74, 6) is 1.07. The summed E-state index contributed by atoms with van der Waals surface area (Å²) in [6.07, 6.45) is 4.82. The fraction of sp³-hybridized carbons (Fsp3) is 0.588. The van der Waals surface area contributed by atoms with Crippen molar-refractivity contribution in [1.29, 1.82) is 0 Å². The van der Waals surface area contributed by atoms with Gasteiger partial charge >= 0.3 is 0 Å². The first-order chi connectivity index (χ1) is 10.2. The first kappa shape index (κ1) is 14.8. The van der Waals surface area contributed by atoms with Gasteiger partial charge in [0.15, 0.2) is 5.78 Å². The van der Waals surface area contributed by atoms with Crippen LogP contribution in [-0.4, -0.2) is 27.1 Å². The van der Waals surface area contributed by atoms with Gasteiger partial charge in [-0.05, 0) is 56.9 Å². The molecule has 1 aromatic rings. The predicted octanol–water partition coefficient (Wildman–Crippen LogP) is 3.35. The second-order valence-corrected chi connectivity index (χ2v) is 7.98. The van der Waals surface area contributed by atoms with E-state index in [1.54, 1.807) is 0 Å². The lowest BCUT2D eigenvalue weighted by Crippen LogP contribution is -2.41. The van der Waals surface area contributed by atoms with Crippen LogP contribution in [0.4, 0.5) is 0 Å². The van der Waals surface area contributed by atoms with E-state index >= 15 is 0 Å². The summed E-state index contributed by atoms with van der Waals surface area (Å²) in [7, 11) is -0.708. The maximum Gasteiger partial charge on any atom is 0.166 e. The summed E-state index contributed by atoms with van der Waals surface area (Å²) in [6, 6.07) is 7.43. The predicted molar refractivity (Wildman–Crippen MR) is 84.2 cm³/mol. The topological polar surface area (TPSA) is 43.4 Å². The normalized spacial score (nSPS) is 31.7. The summed E-state index contributed by atoms with van der Waals surface area (Å²) in [4.78, 5) is 12.7. The minimum atomic E-state index is -0.708. The molecule has 0 spiro atoms. The van der Waals surface area contributed by atoms with Crippen molar-refractivity contribution in [3.63, 3.8) is 0 Å². The van der Waals surface area contributed by atoms with Crippen molar-refractivity contribution in [3.05, 3.63) is 29.8 Å². The average molecular weight is 306 g/mol. The van der Waals surface area contributed by atoms with E-state index in [2.05, 4.69) is 0 Å². The van der Waals surface area contributed by atoms with Crippen molar-refractivity contribution in [2.45, 2.75) is 49.5 Å². The molecule has 1 aromatic carbocycles. The SMILES string of the molecule is CCOc1ccc(C(=O)C2CC3CCCC(C2)S3=O)cc1. The highest BCUT2D eigenvalue weighted by atomic mass is 32.2. The molecule has 0 amide bonds. The fourth-order valence-electron chi connectivity index (χ4n) is 3.57. The van der Waals surface area contributed by atoms with E-state index in [0.717, 1.165) is 37.0 Å². The molecule has 2 aliphatic rings. The van der Waals surface area contributed by atoms with E-state index in [4.69, 9.17) is 4.74 Å². The fourth-order valence-corrected chi connectivity index (χ4v) is 5.75. The lowest BCUT2D eigenvalue weighted by Gasteiger charge is -2.37. The molecule has 0 aliphatic carbocycles. The Balaban J connectivity index is 1.71. The van der Waals surface area contributed by atoms with Crippen LogP contribution in [-0.2, 0) is 10.8 Å². The Morgan fingerprint density at radius 1 is 1.19 bits per heavy atom. The van der Waals surface area contributed by atoms with Gasteiger partial charge in [-0.15, -0.1) is 0 Å². The van der Waals surface area contributed by atoms with Gasteiger partial charge in [-0.25, -0.2) is 0 Å². The number of benzene rings is 1. The van der Waals surface area contributed by atoms with Gasteiger partial charge in [0, 0.05) is 32.8 Å². The number of carbonyl (C=O) groups is 1. The molecular weight excluding hydrogens is 284 g/mol. The van der Waals surface area contributed by atoms with Crippen LogP contribution in [0.5, 0.6) is 5.75 Å². The molecule has 21 heavy (non-hydrogen) atoms. The Morgan fingerprint density at radius 3 is 2.38 bits per heavy atom. The molecule has 2 fully saturated rings. The molecule has 114 valence electrons. The third kappa shape index (κ3) is 3.05. The van der Waals surface area contributed by atoms with Crippen LogP contribution in [0, 0.1) is 5.92 Å². The summed E-state index contributed by atoms with van der Waals surface area (Å²) < 4.78 is 17.6. The molecule has 2 saturated heterocycles. The highest BCUT2D eigenvalue weighted by Gasteiger charge is 2.40. The number of ether oxygens (including phenoxy) is 1. The van der Waals surface area contributed by atoms with Gasteiger partial charge in [0.25, 0.3) is 0 Å². The van der Waals surface area contributed by atoms with Gasteiger partial charge < -0.3 is 4.74 Å². The van der Waals surface area contributed by atoms with Gasteiger partial charge in [-0.2, -0.15) is 0 Å². The number of ketones is 1. The number of carbonyl (C=O) groups excluding carboxylic acids is 1. The monoisotopic (exact) mass is 306 g/mol. The minimum absolute atomic E-state index is 0.0518. The standard InChI is InChI=1S/C17H22O3S/c1-2-20-14-8-6-12(7-9-14)17(18)13-10-15-4-3-5-16(11-13)21(15)19/h6-9,13,15-16H,2-5,10-11H2,1H3. The van der Waals surface area contributed by atoms with Crippen LogP contribution in [0.1, 0.15) is 49.4 Å². The Kier molecular flexibility index (Phi) is 4.43. The highest BCUT2D eigenvalue weighted by molar-refractivity contribution is 7.86. The third-order valence-corrected chi connectivity index (χ3v) is 6.80. The van der Waals surface area contributed by atoms with Crippen molar-refractivity contribution in [2.24, 2.45) is 5.92 Å². The zero-order valence-electron chi connectivity index (χ0n) is 12.4. The molecule has 3 rings (SSSR count). The van der Waals surface area contributed by atoms with Crippen molar-refractivity contribution in [3.8, 4) is 5.75 Å². The minimum Gasteiger partial charge on any atom is -0.494 e. The second kappa shape index (κ2) is 6.30. The first-order valence-electron chi connectivity index (χ1n) is 7.85. The van der Waals surface area contributed by atoms with Gasteiger partial charge in [0.1, 0.15) is 5.75 Å². The first-order valence-corrected chi connectivity index (χ1v) is 9.13. The number of Topliss-reactive ketones (excluding diaryl/α,β-unsaturated/α-hetero) is 1. The molecule has 2 atom stereocenters. The lowest BCUT2D eigenvalue weighted by molar-refractivity contribution is 0.0895. The molecule has 2 heterocycles. The molecule has 0 saturated carbocycles. The Labute approximate surface area is 128 Å². The van der Waals surface area contributed by atoms with Crippen LogP contribution in [0.3, 0.4) is 0 Å². The molecule has 0 N–H and O–H groups in total. The number of hydrogen-bond donors (Lipinski definition) is 0. The summed E-state index contributed by atoms with van der Waals surface area (Å²) in [5, 5.41) is 0.489. The van der Waals surface area contributed by atoms with E-state index in [-0.39, 0.29) is 22.2 Å². The van der Waals surface area contributed by atoms with Crippen molar-refractivity contribution >= 4 is 16.6 Å². The maximum atomic E-state index is 12.7. The molecule has 0 radical (unpaired) electrons. The van der Waals surface area contributed by atoms with E-state index in [1.807, 2.05) is 31.2 Å². The van der Waals surface area contributed by atoms with Crippen LogP contribution in [0.15, 0.2) is 24.3 Å². The molecule has 2 bridgehead atoms. The molecule has 4 heteroatoms. The van der Waals surface area contributed by atoms with E-state index in [9.17, 15) is 9.00 Å². The van der Waals surface area contributed by atoms with Gasteiger partial charge in [0.05, 0.1) is 6.61 Å². The molecule has 0 aromatic heterocycles. The Bertz CT molecular complexity index is 521. The van der Waals surface area contributed by atoms with E-state index < -0.39 is 10.8 Å². The number of rotatable bonds is 4. The smallest absolute Gasteiger partial charge is 0.166 e. The van der Waals surface area contributed by atoms with Crippen molar-refractivity contribution in [1.82, 2.24) is 0 Å². The summed E-state index contributed by atoms with van der Waals surface area (Å²) >= 11 is 0. The van der Waals surface area contributed by atoms with Crippen LogP contribution in [0.25, 0.3) is 0 Å². The van der Waals surface area contributed by atoms with Crippen molar-refractivity contribution in [2.75, 3.05) is 6.61 Å². The van der Waals surface area contributed by atoms with E-state index in [0.29, 0.717) is 6.61 Å². The average Bonchev–Trinajstić information content (AvgIpc) is 2.47. The Morgan fingerprint density at radius 2 is 1.81 bits per heavy atom. The highest BCUT2D eigenvalue weighted by Crippen LogP contribution is 2.38. The molecule has 3 nitrogen and oxygen atoms in total. The lowest BCUT2D eigenvalue weighted by atomic mass is 9.84. The van der Waals surface area contributed by atoms with Crippen LogP contribution in [0.2, 0.25) is 0 Å². The quantitative estimate of drug-likeness (QED) is 0.801. The van der Waals surface area contributed by atoms with Crippen LogP contribution < -0.4 is 4.74 Å². The third-order valence-electron chi connectivity index (χ3n) is 4.62. The zero-order valence-corrected chi connectivity index (χ0v) is 13.2. The largest absolute Gasteiger partial charge is 0.494 e. The maximum absolute atomic E-state index is 12.7. The molecular formula is C17H22O3S. The summed E-state index contributed by atoms with van der Waals surface area (Å²) in [5.41, 5.74) is 0.759. The second-order valence-electron chi connectivity index (χ2n) is 5.99. The van der Waals surface area contributed by atoms with Gasteiger partial charge in [0.2, 0.25) is 0 Å². The summed E-state index contributed by atoms with van der Waals surface area (Å²) in [6.45, 7) is 2.57. The van der Waals surface area contributed by atoms with Gasteiger partial charge in [-0.3, -0.25) is 9.00 Å². The molecule has 2 unspecified atom stereocenters. The Hall–Kier alpha value is -1.16. The zero-order chi connectivity index (χ0) is 14.8. The molecule has 2 aliphatic heterocycles. The van der Waals surface area contributed by atoms with Crippen LogP contribution >= 0.6 is 0 Å². The number of fused-ring (bicyclic) bond motifs is 2. The number of hydrogen-bond acceptors (Lipinski definition) is 3. The van der Waals surface area contributed by atoms with Crippen molar-refractivity contribution < 1.29 is 13.7 Å². The van der Waals surface area contributed by atoms with Gasteiger partial charge in [-0.1, -0.05) is 6.42 Å².